The summed E-state index contributed by atoms with van der Waals surface area (Å²) in [7, 11) is 0. The summed E-state index contributed by atoms with van der Waals surface area (Å²) in [6.07, 6.45) is 0.821. The van der Waals surface area contributed by atoms with Crippen molar-refractivity contribution in [3.05, 3.63) is 70.0 Å². The Morgan fingerprint density at radius 3 is 1.79 bits per heavy atom. The van der Waals surface area contributed by atoms with Gasteiger partial charge in [-0.3, -0.25) is 0 Å². The van der Waals surface area contributed by atoms with Gasteiger partial charge in [-0.05, 0) is 47.2 Å². The SMILES string of the molecule is CC.CC(C)(C)C(N)c1ccc(F)c(F)c1.CCC(N)c1ccc(F)c(Cl)c1. The number of rotatable bonds is 3. The summed E-state index contributed by atoms with van der Waals surface area (Å²) in [5.41, 5.74) is 13.0. The van der Waals surface area contributed by atoms with E-state index in [9.17, 15) is 13.2 Å². The fraction of sp³-hybridized carbons (Fsp3) is 0.455. The molecule has 2 atom stereocenters. The number of halogens is 4. The van der Waals surface area contributed by atoms with Crippen molar-refractivity contribution in [1.29, 1.82) is 0 Å². The van der Waals surface area contributed by atoms with Crippen LogP contribution >= 0.6 is 11.6 Å². The van der Waals surface area contributed by atoms with Gasteiger partial charge in [0.2, 0.25) is 0 Å². The summed E-state index contributed by atoms with van der Waals surface area (Å²) in [5.74, 6) is -2.08. The lowest BCUT2D eigenvalue weighted by Crippen LogP contribution is -2.26. The summed E-state index contributed by atoms with van der Waals surface area (Å²) >= 11 is 5.58. The topological polar surface area (TPSA) is 52.0 Å². The highest BCUT2D eigenvalue weighted by atomic mass is 35.5. The van der Waals surface area contributed by atoms with Crippen LogP contribution in [0.5, 0.6) is 0 Å². The first-order chi connectivity index (χ1) is 13.0. The molecule has 0 radical (unpaired) electrons. The molecular weight excluding hydrogens is 385 g/mol. The van der Waals surface area contributed by atoms with Crippen LogP contribution in [-0.2, 0) is 0 Å². The minimum atomic E-state index is -0.845. The van der Waals surface area contributed by atoms with Crippen LogP contribution in [0.25, 0.3) is 0 Å². The molecular formula is C22H32ClF3N2. The van der Waals surface area contributed by atoms with E-state index in [2.05, 4.69) is 0 Å². The van der Waals surface area contributed by atoms with Crippen molar-refractivity contribution in [3.63, 3.8) is 0 Å². The van der Waals surface area contributed by atoms with E-state index >= 15 is 0 Å². The van der Waals surface area contributed by atoms with Gasteiger partial charge in [0, 0.05) is 12.1 Å². The molecule has 2 aromatic rings. The zero-order valence-electron chi connectivity index (χ0n) is 17.5. The molecule has 0 aromatic heterocycles. The lowest BCUT2D eigenvalue weighted by molar-refractivity contribution is 0.325. The van der Waals surface area contributed by atoms with Gasteiger partial charge in [0.15, 0.2) is 11.6 Å². The average Bonchev–Trinajstić information content (AvgIpc) is 2.66. The lowest BCUT2D eigenvalue weighted by Gasteiger charge is -2.27. The third-order valence-electron chi connectivity index (χ3n) is 4.05. The van der Waals surface area contributed by atoms with Gasteiger partial charge in [0.05, 0.1) is 5.02 Å². The predicted octanol–water partition coefficient (Wildman–Crippen LogP) is 6.93. The lowest BCUT2D eigenvalue weighted by atomic mass is 9.83. The van der Waals surface area contributed by atoms with Crippen molar-refractivity contribution in [2.75, 3.05) is 0 Å². The van der Waals surface area contributed by atoms with Gasteiger partial charge >= 0.3 is 0 Å². The molecule has 0 spiro atoms. The molecule has 0 aliphatic heterocycles. The van der Waals surface area contributed by atoms with Crippen LogP contribution in [0, 0.1) is 22.9 Å². The fourth-order valence-corrected chi connectivity index (χ4v) is 2.37. The van der Waals surface area contributed by atoms with Crippen molar-refractivity contribution in [1.82, 2.24) is 0 Å². The third-order valence-corrected chi connectivity index (χ3v) is 4.34. The van der Waals surface area contributed by atoms with Crippen LogP contribution in [0.3, 0.4) is 0 Å². The normalized spacial score (nSPS) is 12.9. The third kappa shape index (κ3) is 8.21. The van der Waals surface area contributed by atoms with E-state index in [4.69, 9.17) is 23.1 Å². The first-order valence-electron chi connectivity index (χ1n) is 9.38. The summed E-state index contributed by atoms with van der Waals surface area (Å²) in [4.78, 5) is 0. The highest BCUT2D eigenvalue weighted by Gasteiger charge is 2.22. The standard InChI is InChI=1S/C11H15F2N.C9H11ClFN.C2H6/c1-11(2,3)10(14)7-4-5-8(12)9(13)6-7;1-2-9(12)6-3-4-8(11)7(10)5-6;1-2/h4-6,10H,14H2,1-3H3;3-5,9H,2,12H2,1H3;1-2H3. The molecule has 2 rings (SSSR count). The molecule has 0 aliphatic rings. The fourth-order valence-electron chi connectivity index (χ4n) is 2.18. The van der Waals surface area contributed by atoms with Crippen molar-refractivity contribution < 1.29 is 13.2 Å². The van der Waals surface area contributed by atoms with Crippen LogP contribution in [0.2, 0.25) is 5.02 Å². The van der Waals surface area contributed by atoms with Gasteiger partial charge in [-0.2, -0.15) is 0 Å². The van der Waals surface area contributed by atoms with Gasteiger partial charge in [-0.25, -0.2) is 13.2 Å². The molecule has 2 unspecified atom stereocenters. The van der Waals surface area contributed by atoms with Gasteiger partial charge < -0.3 is 11.5 Å². The van der Waals surface area contributed by atoms with E-state index in [-0.39, 0.29) is 22.5 Å². The number of nitrogens with two attached hydrogens (primary N) is 2. The molecule has 0 bridgehead atoms. The Morgan fingerprint density at radius 2 is 1.36 bits per heavy atom. The van der Waals surface area contributed by atoms with E-state index in [1.165, 1.54) is 12.1 Å². The van der Waals surface area contributed by atoms with Gasteiger partial charge in [-0.1, -0.05) is 65.3 Å². The molecule has 2 nitrogen and oxygen atoms in total. The second kappa shape index (κ2) is 12.1. The average molecular weight is 417 g/mol. The largest absolute Gasteiger partial charge is 0.324 e. The van der Waals surface area contributed by atoms with Crippen molar-refractivity contribution in [2.45, 2.75) is 60.0 Å². The molecule has 158 valence electrons. The Kier molecular flexibility index (Phi) is 11.4. The minimum absolute atomic E-state index is 0.0527. The van der Waals surface area contributed by atoms with Crippen molar-refractivity contribution in [2.24, 2.45) is 16.9 Å². The first kappa shape index (κ1) is 26.4. The van der Waals surface area contributed by atoms with Crippen LogP contribution in [0.15, 0.2) is 36.4 Å². The summed E-state index contributed by atoms with van der Waals surface area (Å²) in [6.45, 7) is 11.8. The van der Waals surface area contributed by atoms with Crippen LogP contribution in [0.4, 0.5) is 13.2 Å². The van der Waals surface area contributed by atoms with Crippen molar-refractivity contribution >= 4 is 11.6 Å². The first-order valence-corrected chi connectivity index (χ1v) is 9.76. The maximum absolute atomic E-state index is 12.9. The molecule has 0 heterocycles. The van der Waals surface area contributed by atoms with E-state index in [1.54, 1.807) is 12.1 Å². The number of hydrogen-bond donors (Lipinski definition) is 2. The molecule has 6 heteroatoms. The van der Waals surface area contributed by atoms with Gasteiger partial charge in [-0.15, -0.1) is 0 Å². The molecule has 0 saturated carbocycles. The number of hydrogen-bond acceptors (Lipinski definition) is 2. The predicted molar refractivity (Wildman–Crippen MR) is 113 cm³/mol. The molecule has 0 fully saturated rings. The maximum atomic E-state index is 12.9. The monoisotopic (exact) mass is 416 g/mol. The van der Waals surface area contributed by atoms with E-state index in [0.29, 0.717) is 5.56 Å². The second-order valence-corrected chi connectivity index (χ2v) is 7.61. The maximum Gasteiger partial charge on any atom is 0.159 e. The zero-order chi connectivity index (χ0) is 22.1. The quantitative estimate of drug-likeness (QED) is 0.570. The van der Waals surface area contributed by atoms with Crippen LogP contribution in [-0.4, -0.2) is 0 Å². The highest BCUT2D eigenvalue weighted by Crippen LogP contribution is 2.30. The van der Waals surface area contributed by atoms with E-state index in [0.717, 1.165) is 24.1 Å². The highest BCUT2D eigenvalue weighted by molar-refractivity contribution is 6.30. The number of benzene rings is 2. The summed E-state index contributed by atoms with van der Waals surface area (Å²) in [6, 6.07) is 8.02. The zero-order valence-corrected chi connectivity index (χ0v) is 18.2. The van der Waals surface area contributed by atoms with E-state index in [1.807, 2.05) is 41.5 Å². The van der Waals surface area contributed by atoms with Crippen LogP contribution in [0.1, 0.15) is 71.2 Å². The second-order valence-electron chi connectivity index (χ2n) is 7.21. The molecule has 0 amide bonds. The minimum Gasteiger partial charge on any atom is -0.324 e. The Hall–Kier alpha value is -1.56. The van der Waals surface area contributed by atoms with Crippen LogP contribution < -0.4 is 11.5 Å². The Labute approximate surface area is 172 Å². The molecule has 0 saturated heterocycles. The summed E-state index contributed by atoms with van der Waals surface area (Å²) in [5, 5.41) is 0.136. The Morgan fingerprint density at radius 1 is 0.857 bits per heavy atom. The Balaban J connectivity index is 0.000000483. The summed E-state index contributed by atoms with van der Waals surface area (Å²) < 4.78 is 38.2. The molecule has 4 N–H and O–H groups in total. The Bertz CT molecular complexity index is 730. The molecule has 28 heavy (non-hydrogen) atoms. The molecule has 2 aromatic carbocycles. The van der Waals surface area contributed by atoms with E-state index < -0.39 is 17.5 Å². The van der Waals surface area contributed by atoms with Gasteiger partial charge in [0.25, 0.3) is 0 Å². The molecule has 0 aliphatic carbocycles. The van der Waals surface area contributed by atoms with Gasteiger partial charge in [0.1, 0.15) is 5.82 Å². The smallest absolute Gasteiger partial charge is 0.159 e. The van der Waals surface area contributed by atoms with Crippen molar-refractivity contribution in [3.8, 4) is 0 Å².